The van der Waals surface area contributed by atoms with E-state index in [9.17, 15) is 14.0 Å². The Balaban J connectivity index is 1.56. The second kappa shape index (κ2) is 9.67. The molecule has 0 unspecified atom stereocenters. The maximum Gasteiger partial charge on any atom is 0.268 e. The summed E-state index contributed by atoms with van der Waals surface area (Å²) in [7, 11) is 2.03. The highest BCUT2D eigenvalue weighted by Crippen LogP contribution is 2.18. The number of pyridine rings is 1. The number of aromatic amines is 1. The van der Waals surface area contributed by atoms with Crippen LogP contribution in [0.15, 0.2) is 42.6 Å². The van der Waals surface area contributed by atoms with Crippen LogP contribution in [0, 0.1) is 5.82 Å². The van der Waals surface area contributed by atoms with E-state index >= 15 is 0 Å². The molecule has 1 fully saturated rings. The summed E-state index contributed by atoms with van der Waals surface area (Å²) in [6, 6.07) is 8.55. The number of nitrogens with zero attached hydrogens (tertiary/aromatic N) is 3. The highest BCUT2D eigenvalue weighted by atomic mass is 35.5. The second-order valence-corrected chi connectivity index (χ2v) is 8.50. The number of nitrogens with one attached hydrogen (secondary N) is 2. The van der Waals surface area contributed by atoms with Crippen molar-refractivity contribution in [1.29, 1.82) is 0 Å². The van der Waals surface area contributed by atoms with Crippen LogP contribution in [0.4, 0.5) is 4.39 Å². The molecule has 0 radical (unpaired) electrons. The topological polar surface area (TPSA) is 81.3 Å². The first-order valence-electron chi connectivity index (χ1n) is 10.6. The predicted octanol–water partition coefficient (Wildman–Crippen LogP) is 2.86. The van der Waals surface area contributed by atoms with Gasteiger partial charge in [-0.15, -0.1) is 0 Å². The van der Waals surface area contributed by atoms with Gasteiger partial charge in [-0.1, -0.05) is 23.7 Å². The molecule has 3 heterocycles. The highest BCUT2D eigenvalue weighted by molar-refractivity contribution is 6.30. The van der Waals surface area contributed by atoms with Crippen LogP contribution in [0.2, 0.25) is 5.15 Å². The average Bonchev–Trinajstić information content (AvgIpc) is 3.07. The summed E-state index contributed by atoms with van der Waals surface area (Å²) >= 11 is 5.94. The van der Waals surface area contributed by atoms with Crippen LogP contribution in [-0.4, -0.2) is 70.9 Å². The minimum absolute atomic E-state index is 0.140. The van der Waals surface area contributed by atoms with Crippen LogP contribution in [0.5, 0.6) is 0 Å². The molecule has 1 aromatic carbocycles. The maximum absolute atomic E-state index is 13.4. The monoisotopic (exact) mass is 457 g/mol. The molecule has 0 aliphatic carbocycles. The molecule has 0 spiro atoms. The summed E-state index contributed by atoms with van der Waals surface area (Å²) in [4.78, 5) is 37.4. The number of hydrogen-bond acceptors (Lipinski definition) is 4. The van der Waals surface area contributed by atoms with E-state index in [1.165, 1.54) is 12.1 Å². The summed E-state index contributed by atoms with van der Waals surface area (Å²) in [5.41, 5.74) is 1.76. The molecule has 1 aliphatic rings. The van der Waals surface area contributed by atoms with Crippen LogP contribution in [-0.2, 0) is 11.2 Å². The Morgan fingerprint density at radius 3 is 2.75 bits per heavy atom. The standard InChI is InChI=1S/C23H25ClFN5O2/c1-29-7-2-8-30(10-9-29)23(32)19(11-15-3-5-17(25)6-4-15)28-22(31)18-12-16-13-21(24)26-14-20(16)27-18/h3-6,12-14,19,27H,2,7-11H2,1H3,(H,28,31)/t19-/m0/s1. The average molecular weight is 458 g/mol. The van der Waals surface area contributed by atoms with Crippen molar-refractivity contribution in [1.82, 2.24) is 25.1 Å². The van der Waals surface area contributed by atoms with E-state index in [2.05, 4.69) is 20.2 Å². The molecule has 2 amide bonds. The lowest BCUT2D eigenvalue weighted by atomic mass is 10.0. The zero-order chi connectivity index (χ0) is 22.7. The molecule has 2 aromatic heterocycles. The number of fused-ring (bicyclic) bond motifs is 1. The molecule has 7 nitrogen and oxygen atoms in total. The van der Waals surface area contributed by atoms with Crippen LogP contribution in [0.1, 0.15) is 22.5 Å². The first-order chi connectivity index (χ1) is 15.4. The molecule has 3 aromatic rings. The molecule has 32 heavy (non-hydrogen) atoms. The molecule has 1 saturated heterocycles. The Bertz CT molecular complexity index is 1120. The first kappa shape index (κ1) is 22.2. The Morgan fingerprint density at radius 2 is 1.97 bits per heavy atom. The van der Waals surface area contributed by atoms with Crippen LogP contribution < -0.4 is 5.32 Å². The fourth-order valence-corrected chi connectivity index (χ4v) is 4.07. The number of carbonyl (C=O) groups excluding carboxylic acids is 2. The molecular formula is C23H25ClFN5O2. The molecule has 0 saturated carbocycles. The smallest absolute Gasteiger partial charge is 0.268 e. The van der Waals surface area contributed by atoms with Crippen molar-refractivity contribution in [2.24, 2.45) is 0 Å². The molecule has 168 valence electrons. The molecule has 0 bridgehead atoms. The van der Waals surface area contributed by atoms with Crippen molar-refractivity contribution in [2.45, 2.75) is 18.9 Å². The third-order valence-electron chi connectivity index (χ3n) is 5.70. The van der Waals surface area contributed by atoms with E-state index in [4.69, 9.17) is 11.6 Å². The summed E-state index contributed by atoms with van der Waals surface area (Å²) in [6.07, 6.45) is 2.70. The van der Waals surface area contributed by atoms with Crippen molar-refractivity contribution < 1.29 is 14.0 Å². The number of hydrogen-bond donors (Lipinski definition) is 2. The van der Waals surface area contributed by atoms with Gasteiger partial charge in [-0.3, -0.25) is 9.59 Å². The number of carbonyl (C=O) groups is 2. The van der Waals surface area contributed by atoms with E-state index in [-0.39, 0.29) is 18.1 Å². The maximum atomic E-state index is 13.4. The van der Waals surface area contributed by atoms with Crippen LogP contribution in [0.25, 0.3) is 10.9 Å². The minimum Gasteiger partial charge on any atom is -0.349 e. The summed E-state index contributed by atoms with van der Waals surface area (Å²) in [6.45, 7) is 2.93. The number of amides is 2. The third-order valence-corrected chi connectivity index (χ3v) is 5.91. The molecule has 1 atom stereocenters. The van der Waals surface area contributed by atoms with Gasteiger partial charge < -0.3 is 20.1 Å². The number of rotatable bonds is 5. The lowest BCUT2D eigenvalue weighted by molar-refractivity contribution is -0.133. The number of H-pyrrole nitrogens is 1. The first-order valence-corrected chi connectivity index (χ1v) is 10.9. The zero-order valence-corrected chi connectivity index (χ0v) is 18.5. The number of halogens is 2. The molecule has 2 N–H and O–H groups in total. The zero-order valence-electron chi connectivity index (χ0n) is 17.8. The number of benzene rings is 1. The SMILES string of the molecule is CN1CCCN(C(=O)[C@H](Cc2ccc(F)cc2)NC(=O)c2cc3cc(Cl)ncc3[nH]2)CC1. The molecule has 1 aliphatic heterocycles. The number of aromatic nitrogens is 2. The van der Waals surface area contributed by atoms with Crippen molar-refractivity contribution in [3.63, 3.8) is 0 Å². The largest absolute Gasteiger partial charge is 0.349 e. The van der Waals surface area contributed by atoms with E-state index < -0.39 is 11.9 Å². The molecular weight excluding hydrogens is 433 g/mol. The molecule has 9 heteroatoms. The summed E-state index contributed by atoms with van der Waals surface area (Å²) in [5, 5.41) is 3.97. The van der Waals surface area contributed by atoms with Gasteiger partial charge in [0.25, 0.3) is 5.91 Å². The summed E-state index contributed by atoms with van der Waals surface area (Å²) < 4.78 is 13.3. The van der Waals surface area contributed by atoms with Crippen LogP contribution in [0.3, 0.4) is 0 Å². The van der Waals surface area contributed by atoms with Gasteiger partial charge in [0.05, 0.1) is 11.7 Å². The van der Waals surface area contributed by atoms with Crippen molar-refractivity contribution in [3.05, 3.63) is 64.8 Å². The van der Waals surface area contributed by atoms with Crippen LogP contribution >= 0.6 is 11.6 Å². The second-order valence-electron chi connectivity index (χ2n) is 8.12. The van der Waals surface area contributed by atoms with Gasteiger partial charge >= 0.3 is 0 Å². The van der Waals surface area contributed by atoms with Crippen molar-refractivity contribution in [2.75, 3.05) is 33.2 Å². The quantitative estimate of drug-likeness (QED) is 0.577. The normalized spacial score (nSPS) is 16.0. The van der Waals surface area contributed by atoms with Crippen molar-refractivity contribution in [3.8, 4) is 0 Å². The van der Waals surface area contributed by atoms with E-state index in [1.54, 1.807) is 35.4 Å². The Labute approximate surface area is 190 Å². The number of likely N-dealkylation sites (N-methyl/N-ethyl adjacent to an activating group) is 1. The van der Waals surface area contributed by atoms with Gasteiger partial charge in [0.1, 0.15) is 22.7 Å². The summed E-state index contributed by atoms with van der Waals surface area (Å²) in [5.74, 6) is -0.884. The lowest BCUT2D eigenvalue weighted by Crippen LogP contribution is -2.50. The minimum atomic E-state index is -0.774. The van der Waals surface area contributed by atoms with Gasteiger partial charge in [0.2, 0.25) is 5.91 Å². The van der Waals surface area contributed by atoms with Gasteiger partial charge in [0, 0.05) is 31.4 Å². The van der Waals surface area contributed by atoms with E-state index in [0.29, 0.717) is 29.5 Å². The van der Waals surface area contributed by atoms with E-state index in [1.807, 2.05) is 7.05 Å². The van der Waals surface area contributed by atoms with Gasteiger partial charge in [0.15, 0.2) is 0 Å². The Hall–Kier alpha value is -2.97. The van der Waals surface area contributed by atoms with Gasteiger partial charge in [-0.2, -0.15) is 0 Å². The molecule has 4 rings (SSSR count). The van der Waals surface area contributed by atoms with E-state index in [0.717, 1.165) is 30.5 Å². The fraction of sp³-hybridized carbons (Fsp3) is 0.348. The fourth-order valence-electron chi connectivity index (χ4n) is 3.91. The predicted molar refractivity (Wildman–Crippen MR) is 121 cm³/mol. The van der Waals surface area contributed by atoms with Crippen molar-refractivity contribution >= 4 is 34.3 Å². The highest BCUT2D eigenvalue weighted by Gasteiger charge is 2.28. The van der Waals surface area contributed by atoms with Gasteiger partial charge in [-0.05, 0) is 49.8 Å². The Morgan fingerprint density at radius 1 is 1.19 bits per heavy atom. The van der Waals surface area contributed by atoms with Gasteiger partial charge in [-0.25, -0.2) is 9.37 Å². The Kier molecular flexibility index (Phi) is 6.72. The lowest BCUT2D eigenvalue weighted by Gasteiger charge is -2.27. The third kappa shape index (κ3) is 5.26.